The zero-order chi connectivity index (χ0) is 20.7. The molecule has 0 aromatic heterocycles. The first-order chi connectivity index (χ1) is 13.5. The lowest BCUT2D eigenvalue weighted by atomic mass is 10.0. The topological polar surface area (TPSA) is 83.1 Å². The van der Waals surface area contributed by atoms with Crippen molar-refractivity contribution in [2.75, 3.05) is 33.8 Å². The van der Waals surface area contributed by atoms with Gasteiger partial charge in [-0.15, -0.1) is 0 Å². The molecule has 2 rings (SSSR count). The highest BCUT2D eigenvalue weighted by molar-refractivity contribution is 6.11. The monoisotopic (exact) mass is 387 g/mol. The van der Waals surface area contributed by atoms with Crippen LogP contribution in [0.1, 0.15) is 40.5 Å². The van der Waals surface area contributed by atoms with Crippen molar-refractivity contribution in [1.82, 2.24) is 0 Å². The number of benzene rings is 2. The van der Waals surface area contributed by atoms with Gasteiger partial charge in [-0.3, -0.25) is 9.59 Å². The molecule has 28 heavy (non-hydrogen) atoms. The Bertz CT molecular complexity index is 862. The Morgan fingerprint density at radius 3 is 2.11 bits per heavy atom. The minimum atomic E-state index is -0.401. The number of hydrogen-bond acceptors (Lipinski definition) is 6. The second-order valence-electron chi connectivity index (χ2n) is 5.95. The fraction of sp³-hybridized carbons (Fsp3) is 0.333. The van der Waals surface area contributed by atoms with Gasteiger partial charge in [0.05, 0.1) is 39.7 Å². The molecule has 7 heteroatoms. The van der Waals surface area contributed by atoms with E-state index in [-0.39, 0.29) is 5.78 Å². The predicted molar refractivity (Wildman–Crippen MR) is 106 cm³/mol. The van der Waals surface area contributed by atoms with Crippen molar-refractivity contribution in [2.24, 2.45) is 0 Å². The van der Waals surface area contributed by atoms with Crippen LogP contribution in [0.3, 0.4) is 0 Å². The predicted octanol–water partition coefficient (Wildman–Crippen LogP) is 3.96. The summed E-state index contributed by atoms with van der Waals surface area (Å²) >= 11 is 0. The number of carbonyl (C=O) groups is 2. The van der Waals surface area contributed by atoms with Gasteiger partial charge in [0.1, 0.15) is 11.5 Å². The molecule has 0 unspecified atom stereocenters. The Kier molecular flexibility index (Phi) is 7.26. The lowest BCUT2D eigenvalue weighted by molar-refractivity contribution is 0.0979. The van der Waals surface area contributed by atoms with Gasteiger partial charge in [0.2, 0.25) is 0 Å². The summed E-state index contributed by atoms with van der Waals surface area (Å²) in [5.74, 6) is 1.24. The number of carbonyl (C=O) groups excluding carboxylic acids is 2. The van der Waals surface area contributed by atoms with Crippen LogP contribution in [0.4, 0.5) is 5.69 Å². The fourth-order valence-corrected chi connectivity index (χ4v) is 2.78. The quantitative estimate of drug-likeness (QED) is 0.656. The molecule has 0 aliphatic carbocycles. The average Bonchev–Trinajstić information content (AvgIpc) is 2.72. The van der Waals surface area contributed by atoms with E-state index in [4.69, 9.17) is 18.9 Å². The molecule has 0 heterocycles. The second kappa shape index (κ2) is 9.64. The largest absolute Gasteiger partial charge is 0.497 e. The number of anilines is 1. The van der Waals surface area contributed by atoms with Gasteiger partial charge in [0.15, 0.2) is 17.3 Å². The summed E-state index contributed by atoms with van der Waals surface area (Å²) in [7, 11) is 5.99. The zero-order valence-corrected chi connectivity index (χ0v) is 16.8. The molecule has 1 amide bonds. The Labute approximate surface area is 164 Å². The summed E-state index contributed by atoms with van der Waals surface area (Å²) in [6.45, 7) is 1.91. The van der Waals surface area contributed by atoms with Gasteiger partial charge in [-0.2, -0.15) is 0 Å². The highest BCUT2D eigenvalue weighted by atomic mass is 16.5. The van der Waals surface area contributed by atoms with E-state index in [1.807, 2.05) is 6.92 Å². The highest BCUT2D eigenvalue weighted by Gasteiger charge is 2.21. The van der Waals surface area contributed by atoms with Gasteiger partial charge >= 0.3 is 0 Å². The minimum Gasteiger partial charge on any atom is -0.497 e. The maximum absolute atomic E-state index is 12.8. The van der Waals surface area contributed by atoms with E-state index in [0.717, 1.165) is 0 Å². The summed E-state index contributed by atoms with van der Waals surface area (Å²) in [6, 6.07) is 8.04. The van der Waals surface area contributed by atoms with Crippen LogP contribution in [-0.4, -0.2) is 40.1 Å². The van der Waals surface area contributed by atoms with Crippen LogP contribution >= 0.6 is 0 Å². The Hall–Kier alpha value is -3.22. The number of ether oxygens (including phenoxy) is 4. The number of methoxy groups -OCH3 is 4. The first kappa shape index (κ1) is 21.1. The van der Waals surface area contributed by atoms with Gasteiger partial charge in [0.25, 0.3) is 5.91 Å². The maximum atomic E-state index is 12.8. The smallest absolute Gasteiger partial charge is 0.255 e. The van der Waals surface area contributed by atoms with Gasteiger partial charge in [0, 0.05) is 24.1 Å². The first-order valence-corrected chi connectivity index (χ1v) is 8.81. The standard InChI is InChI=1S/C21H25NO6/c1-6-7-16(23)20-15(11-14(25-2)12-19(20)28-5)22-21(24)13-8-9-17(26-3)18(10-13)27-4/h8-12H,6-7H2,1-5H3,(H,22,24). The number of nitrogens with one attached hydrogen (secondary N) is 1. The number of amides is 1. The molecule has 150 valence electrons. The van der Waals surface area contributed by atoms with E-state index in [0.29, 0.717) is 52.7 Å². The molecular formula is C21H25NO6. The van der Waals surface area contributed by atoms with E-state index < -0.39 is 5.91 Å². The Morgan fingerprint density at radius 1 is 0.857 bits per heavy atom. The molecule has 0 saturated carbocycles. The van der Waals surface area contributed by atoms with E-state index in [2.05, 4.69) is 5.32 Å². The van der Waals surface area contributed by atoms with Crippen LogP contribution in [-0.2, 0) is 0 Å². The lowest BCUT2D eigenvalue weighted by Crippen LogP contribution is -2.16. The van der Waals surface area contributed by atoms with E-state index in [1.165, 1.54) is 28.4 Å². The van der Waals surface area contributed by atoms with Crippen molar-refractivity contribution < 1.29 is 28.5 Å². The van der Waals surface area contributed by atoms with E-state index >= 15 is 0 Å². The molecule has 0 atom stereocenters. The first-order valence-electron chi connectivity index (χ1n) is 8.81. The number of rotatable bonds is 9. The fourth-order valence-electron chi connectivity index (χ4n) is 2.78. The van der Waals surface area contributed by atoms with Crippen LogP contribution in [0.15, 0.2) is 30.3 Å². The third kappa shape index (κ3) is 4.54. The van der Waals surface area contributed by atoms with Crippen LogP contribution in [0.25, 0.3) is 0 Å². The summed E-state index contributed by atoms with van der Waals surface area (Å²) in [5, 5.41) is 2.79. The average molecular weight is 387 g/mol. The molecule has 0 aliphatic rings. The Balaban J connectivity index is 2.46. The molecule has 0 aliphatic heterocycles. The number of Topliss-reactive ketones (excluding diaryl/α,β-unsaturated/α-hetero) is 1. The van der Waals surface area contributed by atoms with Gasteiger partial charge in [-0.05, 0) is 24.6 Å². The third-order valence-corrected chi connectivity index (χ3v) is 4.18. The van der Waals surface area contributed by atoms with E-state index in [9.17, 15) is 9.59 Å². The number of hydrogen-bond donors (Lipinski definition) is 1. The summed E-state index contributed by atoms with van der Waals surface area (Å²) in [5.41, 5.74) is 1.00. The molecule has 0 spiro atoms. The van der Waals surface area contributed by atoms with Crippen molar-refractivity contribution in [3.63, 3.8) is 0 Å². The van der Waals surface area contributed by atoms with Crippen molar-refractivity contribution in [3.8, 4) is 23.0 Å². The molecule has 0 bridgehead atoms. The van der Waals surface area contributed by atoms with Crippen molar-refractivity contribution in [3.05, 3.63) is 41.5 Å². The van der Waals surface area contributed by atoms with Crippen molar-refractivity contribution in [1.29, 1.82) is 0 Å². The van der Waals surface area contributed by atoms with Crippen molar-refractivity contribution in [2.45, 2.75) is 19.8 Å². The molecule has 1 N–H and O–H groups in total. The van der Waals surface area contributed by atoms with Crippen molar-refractivity contribution >= 4 is 17.4 Å². The zero-order valence-electron chi connectivity index (χ0n) is 16.8. The van der Waals surface area contributed by atoms with Crippen LogP contribution in [0.5, 0.6) is 23.0 Å². The van der Waals surface area contributed by atoms with Crippen LogP contribution < -0.4 is 24.3 Å². The number of ketones is 1. The SMILES string of the molecule is CCCC(=O)c1c(NC(=O)c2ccc(OC)c(OC)c2)cc(OC)cc1OC. The molecule has 0 radical (unpaired) electrons. The molecule has 7 nitrogen and oxygen atoms in total. The minimum absolute atomic E-state index is 0.121. The molecule has 2 aromatic carbocycles. The summed E-state index contributed by atoms with van der Waals surface area (Å²) in [4.78, 5) is 25.5. The van der Waals surface area contributed by atoms with Crippen LogP contribution in [0, 0.1) is 0 Å². The molecule has 0 saturated heterocycles. The molecular weight excluding hydrogens is 362 g/mol. The third-order valence-electron chi connectivity index (χ3n) is 4.18. The lowest BCUT2D eigenvalue weighted by Gasteiger charge is -2.16. The second-order valence-corrected chi connectivity index (χ2v) is 5.95. The van der Waals surface area contributed by atoms with Gasteiger partial charge in [-0.1, -0.05) is 6.92 Å². The Morgan fingerprint density at radius 2 is 1.54 bits per heavy atom. The van der Waals surface area contributed by atoms with Crippen LogP contribution in [0.2, 0.25) is 0 Å². The highest BCUT2D eigenvalue weighted by Crippen LogP contribution is 2.34. The molecule has 2 aromatic rings. The summed E-state index contributed by atoms with van der Waals surface area (Å²) in [6.07, 6.45) is 1.01. The normalized spacial score (nSPS) is 10.2. The maximum Gasteiger partial charge on any atom is 0.255 e. The molecule has 0 fully saturated rings. The van der Waals surface area contributed by atoms with Gasteiger partial charge < -0.3 is 24.3 Å². The van der Waals surface area contributed by atoms with E-state index in [1.54, 1.807) is 30.3 Å². The summed E-state index contributed by atoms with van der Waals surface area (Å²) < 4.78 is 21.1. The van der Waals surface area contributed by atoms with Gasteiger partial charge in [-0.25, -0.2) is 0 Å².